The van der Waals surface area contributed by atoms with Crippen molar-refractivity contribution in [3.05, 3.63) is 52.3 Å². The Kier molecular flexibility index (Phi) is 4.16. The molecule has 6 nitrogen and oxygen atoms in total. The third-order valence-electron chi connectivity index (χ3n) is 4.81. The molecule has 1 aromatic heterocycles. The fraction of sp³-hybridized carbons (Fsp3) is 0.389. The quantitative estimate of drug-likeness (QED) is 0.862. The monoisotopic (exact) mass is 378 g/mol. The van der Waals surface area contributed by atoms with Gasteiger partial charge in [0.2, 0.25) is 0 Å². The highest BCUT2D eigenvalue weighted by Crippen LogP contribution is 2.30. The summed E-state index contributed by atoms with van der Waals surface area (Å²) < 4.78 is 38.0. The van der Waals surface area contributed by atoms with Crippen molar-refractivity contribution < 1.29 is 22.8 Å². The smallest absolute Gasteiger partial charge is 0.348 e. The van der Waals surface area contributed by atoms with Crippen LogP contribution in [0.15, 0.2) is 24.3 Å². The molecule has 1 fully saturated rings. The zero-order valence-electron chi connectivity index (χ0n) is 14.3. The molecule has 0 atom stereocenters. The molecule has 2 N–H and O–H groups in total. The highest BCUT2D eigenvalue weighted by Gasteiger charge is 2.32. The summed E-state index contributed by atoms with van der Waals surface area (Å²) in [6, 6.07) is 4.34. The Balaban J connectivity index is 1.51. The molecule has 0 bridgehead atoms. The number of nitrogens with one attached hydrogen (secondary N) is 2. The second-order valence-electron chi connectivity index (χ2n) is 6.83. The molecule has 4 rings (SSSR count). The standard InChI is InChI=1S/C18H17F3N4O2/c19-18(20,21)11-3-1-10(2-4-11)17(27)25-8-7-14-13(9-25)15(24-23-14)16(26)22-12-5-6-12/h1-4,12H,5-9H2,(H,22,26)(H,23,24). The first-order valence-corrected chi connectivity index (χ1v) is 8.66. The summed E-state index contributed by atoms with van der Waals surface area (Å²) in [7, 11) is 0. The van der Waals surface area contributed by atoms with E-state index in [-0.39, 0.29) is 35.7 Å². The lowest BCUT2D eigenvalue weighted by Gasteiger charge is -2.27. The first-order chi connectivity index (χ1) is 12.8. The van der Waals surface area contributed by atoms with Crippen molar-refractivity contribution in [3.63, 3.8) is 0 Å². The zero-order chi connectivity index (χ0) is 19.2. The van der Waals surface area contributed by atoms with Crippen molar-refractivity contribution in [2.24, 2.45) is 0 Å². The van der Waals surface area contributed by atoms with E-state index in [1.165, 1.54) is 17.0 Å². The number of halogens is 3. The molecular formula is C18H17F3N4O2. The summed E-state index contributed by atoms with van der Waals surface area (Å²) in [5.74, 6) is -0.636. The molecule has 2 amide bonds. The van der Waals surface area contributed by atoms with Crippen molar-refractivity contribution in [1.29, 1.82) is 0 Å². The average molecular weight is 378 g/mol. The minimum Gasteiger partial charge on any atom is -0.348 e. The van der Waals surface area contributed by atoms with E-state index in [1.807, 2.05) is 0 Å². The molecule has 0 unspecified atom stereocenters. The first-order valence-electron chi connectivity index (χ1n) is 8.66. The number of hydrogen-bond donors (Lipinski definition) is 2. The van der Waals surface area contributed by atoms with Gasteiger partial charge in [0.05, 0.1) is 12.1 Å². The van der Waals surface area contributed by atoms with E-state index in [2.05, 4.69) is 15.5 Å². The lowest BCUT2D eigenvalue weighted by molar-refractivity contribution is -0.137. The largest absolute Gasteiger partial charge is 0.416 e. The maximum atomic E-state index is 12.7. The molecule has 142 valence electrons. The van der Waals surface area contributed by atoms with Gasteiger partial charge in [-0.25, -0.2) is 0 Å². The van der Waals surface area contributed by atoms with Crippen molar-refractivity contribution in [1.82, 2.24) is 20.4 Å². The Morgan fingerprint density at radius 2 is 1.89 bits per heavy atom. The van der Waals surface area contributed by atoms with Crippen LogP contribution in [-0.2, 0) is 19.1 Å². The molecule has 1 aromatic carbocycles. The number of H-pyrrole nitrogens is 1. The predicted octanol–water partition coefficient (Wildman–Crippen LogP) is 2.52. The maximum Gasteiger partial charge on any atom is 0.416 e. The van der Waals surface area contributed by atoms with Crippen LogP contribution in [0.3, 0.4) is 0 Å². The normalized spacial score (nSPS) is 16.8. The van der Waals surface area contributed by atoms with Crippen LogP contribution in [0.5, 0.6) is 0 Å². The summed E-state index contributed by atoms with van der Waals surface area (Å²) in [6.45, 7) is 0.595. The molecule has 2 aliphatic rings. The van der Waals surface area contributed by atoms with Crippen LogP contribution in [0.4, 0.5) is 13.2 Å². The number of nitrogens with zero attached hydrogens (tertiary/aromatic N) is 2. The molecule has 2 aromatic rings. The van der Waals surface area contributed by atoms with E-state index in [0.29, 0.717) is 18.5 Å². The Bertz CT molecular complexity index is 885. The van der Waals surface area contributed by atoms with Gasteiger partial charge in [-0.2, -0.15) is 18.3 Å². The van der Waals surface area contributed by atoms with Crippen LogP contribution >= 0.6 is 0 Å². The minimum atomic E-state index is -4.44. The number of benzene rings is 1. The molecule has 1 aliphatic heterocycles. The third kappa shape index (κ3) is 3.54. The molecule has 0 radical (unpaired) electrons. The summed E-state index contributed by atoms with van der Waals surface area (Å²) in [5, 5.41) is 9.81. The lowest BCUT2D eigenvalue weighted by atomic mass is 10.0. The van der Waals surface area contributed by atoms with E-state index in [0.717, 1.165) is 30.7 Å². The Morgan fingerprint density at radius 1 is 1.19 bits per heavy atom. The number of aromatic nitrogens is 2. The van der Waals surface area contributed by atoms with Crippen molar-refractivity contribution in [2.75, 3.05) is 6.54 Å². The van der Waals surface area contributed by atoms with Gasteiger partial charge in [0.25, 0.3) is 11.8 Å². The molecule has 9 heteroatoms. The summed E-state index contributed by atoms with van der Waals surface area (Å²) in [5.41, 5.74) is 1.14. The summed E-state index contributed by atoms with van der Waals surface area (Å²) in [6.07, 6.45) is -2.03. The number of carbonyl (C=O) groups is 2. The molecule has 0 spiro atoms. The van der Waals surface area contributed by atoms with Gasteiger partial charge in [-0.15, -0.1) is 0 Å². The molecular weight excluding hydrogens is 361 g/mol. The van der Waals surface area contributed by atoms with Crippen LogP contribution in [0.2, 0.25) is 0 Å². The number of alkyl halides is 3. The number of carbonyl (C=O) groups excluding carboxylic acids is 2. The van der Waals surface area contributed by atoms with Crippen LogP contribution < -0.4 is 5.32 Å². The molecule has 1 saturated carbocycles. The van der Waals surface area contributed by atoms with Gasteiger partial charge in [-0.3, -0.25) is 14.7 Å². The van der Waals surface area contributed by atoms with E-state index < -0.39 is 11.7 Å². The predicted molar refractivity (Wildman–Crippen MR) is 89.0 cm³/mol. The molecule has 0 saturated heterocycles. The number of hydrogen-bond acceptors (Lipinski definition) is 3. The van der Waals surface area contributed by atoms with Crippen LogP contribution in [0.25, 0.3) is 0 Å². The second-order valence-corrected chi connectivity index (χ2v) is 6.83. The maximum absolute atomic E-state index is 12.7. The van der Waals surface area contributed by atoms with Gasteiger partial charge in [-0.05, 0) is 37.1 Å². The van der Waals surface area contributed by atoms with Crippen molar-refractivity contribution >= 4 is 11.8 Å². The minimum absolute atomic E-state index is 0.180. The topological polar surface area (TPSA) is 78.1 Å². The molecule has 1 aliphatic carbocycles. The van der Waals surface area contributed by atoms with Gasteiger partial charge in [0, 0.05) is 35.8 Å². The summed E-state index contributed by atoms with van der Waals surface area (Å²) >= 11 is 0. The number of aromatic amines is 1. The molecule has 27 heavy (non-hydrogen) atoms. The number of rotatable bonds is 3. The van der Waals surface area contributed by atoms with E-state index in [4.69, 9.17) is 0 Å². The van der Waals surface area contributed by atoms with Crippen LogP contribution in [0, 0.1) is 0 Å². The Labute approximate surface area is 152 Å². The van der Waals surface area contributed by atoms with Gasteiger partial charge >= 0.3 is 6.18 Å². The zero-order valence-corrected chi connectivity index (χ0v) is 14.3. The SMILES string of the molecule is O=C(NC1CC1)c1n[nH]c2c1CN(C(=O)c1ccc(C(F)(F)F)cc1)CC2. The van der Waals surface area contributed by atoms with Crippen LogP contribution in [-0.4, -0.2) is 39.5 Å². The highest BCUT2D eigenvalue weighted by molar-refractivity contribution is 5.96. The van der Waals surface area contributed by atoms with E-state index in [1.54, 1.807) is 0 Å². The van der Waals surface area contributed by atoms with Crippen molar-refractivity contribution in [3.8, 4) is 0 Å². The third-order valence-corrected chi connectivity index (χ3v) is 4.81. The van der Waals surface area contributed by atoms with E-state index >= 15 is 0 Å². The number of fused-ring (bicyclic) bond motifs is 1. The Morgan fingerprint density at radius 3 is 2.52 bits per heavy atom. The van der Waals surface area contributed by atoms with E-state index in [9.17, 15) is 22.8 Å². The fourth-order valence-corrected chi connectivity index (χ4v) is 3.12. The van der Waals surface area contributed by atoms with Gasteiger partial charge < -0.3 is 10.2 Å². The van der Waals surface area contributed by atoms with Gasteiger partial charge in [0.1, 0.15) is 0 Å². The summed E-state index contributed by atoms with van der Waals surface area (Å²) in [4.78, 5) is 26.5. The molecule has 2 heterocycles. The van der Waals surface area contributed by atoms with Crippen molar-refractivity contribution in [2.45, 2.75) is 38.0 Å². The Hall–Kier alpha value is -2.84. The fourth-order valence-electron chi connectivity index (χ4n) is 3.12. The highest BCUT2D eigenvalue weighted by atomic mass is 19.4. The van der Waals surface area contributed by atoms with Gasteiger partial charge in [-0.1, -0.05) is 0 Å². The lowest BCUT2D eigenvalue weighted by Crippen LogP contribution is -2.37. The number of amides is 2. The average Bonchev–Trinajstić information content (AvgIpc) is 3.35. The second kappa shape index (κ2) is 6.40. The first kappa shape index (κ1) is 17.6. The van der Waals surface area contributed by atoms with Gasteiger partial charge in [0.15, 0.2) is 5.69 Å². The van der Waals surface area contributed by atoms with Crippen LogP contribution in [0.1, 0.15) is 50.5 Å².